The summed E-state index contributed by atoms with van der Waals surface area (Å²) in [5.41, 5.74) is 1.50. The van der Waals surface area contributed by atoms with E-state index in [0.717, 1.165) is 38.4 Å². The van der Waals surface area contributed by atoms with Crippen molar-refractivity contribution in [3.8, 4) is 0 Å². The molecule has 4 nitrogen and oxygen atoms in total. The summed E-state index contributed by atoms with van der Waals surface area (Å²) >= 11 is 1.75. The molecule has 1 amide bonds. The zero-order valence-electron chi connectivity index (χ0n) is 12.4. The molecule has 2 fully saturated rings. The lowest BCUT2D eigenvalue weighted by Crippen LogP contribution is -2.31. The summed E-state index contributed by atoms with van der Waals surface area (Å²) in [7, 11) is 0. The Kier molecular flexibility index (Phi) is 3.47. The molecule has 0 bridgehead atoms. The van der Waals surface area contributed by atoms with Gasteiger partial charge in [-0.15, -0.1) is 0 Å². The van der Waals surface area contributed by atoms with E-state index in [9.17, 15) is 4.79 Å². The minimum atomic E-state index is 0.116. The summed E-state index contributed by atoms with van der Waals surface area (Å²) in [6, 6.07) is 7.95. The van der Waals surface area contributed by atoms with Crippen LogP contribution in [-0.4, -0.2) is 35.4 Å². The Labute approximate surface area is 134 Å². The standard InChI is InChI=1S/C17H19N3OS/c21-16-9-17(13-20(16)15-3-1-2-6-18-15)5-7-19(12-17)10-14-4-8-22-11-14/h1-4,6,8,11H,5,7,9-10,12-13H2/t17-/m1/s1. The number of pyridine rings is 1. The van der Waals surface area contributed by atoms with Gasteiger partial charge in [-0.2, -0.15) is 11.3 Å². The van der Waals surface area contributed by atoms with Gasteiger partial charge in [-0.3, -0.25) is 14.6 Å². The third-order valence-electron chi connectivity index (χ3n) is 4.75. The van der Waals surface area contributed by atoms with Crippen molar-refractivity contribution >= 4 is 23.1 Å². The summed E-state index contributed by atoms with van der Waals surface area (Å²) in [6.45, 7) is 3.91. The zero-order valence-corrected chi connectivity index (χ0v) is 13.3. The average molecular weight is 313 g/mol. The van der Waals surface area contributed by atoms with Gasteiger partial charge in [-0.25, -0.2) is 4.98 Å². The van der Waals surface area contributed by atoms with E-state index in [-0.39, 0.29) is 11.3 Å². The highest BCUT2D eigenvalue weighted by molar-refractivity contribution is 7.07. The number of nitrogens with zero attached hydrogens (tertiary/aromatic N) is 3. The van der Waals surface area contributed by atoms with Crippen LogP contribution in [0.15, 0.2) is 41.2 Å². The molecule has 1 spiro atoms. The molecule has 0 aromatic carbocycles. The van der Waals surface area contributed by atoms with E-state index in [1.807, 2.05) is 23.1 Å². The van der Waals surface area contributed by atoms with E-state index >= 15 is 0 Å². The topological polar surface area (TPSA) is 36.4 Å². The van der Waals surface area contributed by atoms with Crippen molar-refractivity contribution in [2.24, 2.45) is 5.41 Å². The highest BCUT2D eigenvalue weighted by Crippen LogP contribution is 2.41. The smallest absolute Gasteiger partial charge is 0.228 e. The van der Waals surface area contributed by atoms with Crippen molar-refractivity contribution in [2.75, 3.05) is 24.5 Å². The molecular formula is C17H19N3OS. The fraction of sp³-hybridized carbons (Fsp3) is 0.412. The van der Waals surface area contributed by atoms with Gasteiger partial charge in [-0.05, 0) is 47.5 Å². The molecule has 0 N–H and O–H groups in total. The lowest BCUT2D eigenvalue weighted by Gasteiger charge is -2.23. The second kappa shape index (κ2) is 5.48. The quantitative estimate of drug-likeness (QED) is 0.874. The first-order valence-corrected chi connectivity index (χ1v) is 8.63. The van der Waals surface area contributed by atoms with Gasteiger partial charge in [0.1, 0.15) is 5.82 Å². The number of anilines is 1. The fourth-order valence-electron chi connectivity index (χ4n) is 3.69. The monoisotopic (exact) mass is 313 g/mol. The van der Waals surface area contributed by atoms with Crippen LogP contribution < -0.4 is 4.90 Å². The second-order valence-electron chi connectivity index (χ2n) is 6.44. The highest BCUT2D eigenvalue weighted by atomic mass is 32.1. The molecule has 0 unspecified atom stereocenters. The minimum absolute atomic E-state index is 0.116. The number of carbonyl (C=O) groups is 1. The van der Waals surface area contributed by atoms with Crippen LogP contribution in [0.1, 0.15) is 18.4 Å². The summed E-state index contributed by atoms with van der Waals surface area (Å²) in [4.78, 5) is 21.1. The SMILES string of the molecule is O=C1C[C@@]2(CCN(Cc3ccsc3)C2)CN1c1ccccn1. The van der Waals surface area contributed by atoms with Gasteiger partial charge in [0, 0.05) is 37.7 Å². The number of rotatable bonds is 3. The number of hydrogen-bond acceptors (Lipinski definition) is 4. The van der Waals surface area contributed by atoms with E-state index in [4.69, 9.17) is 0 Å². The molecule has 2 aliphatic rings. The fourth-order valence-corrected chi connectivity index (χ4v) is 4.35. The predicted molar refractivity (Wildman–Crippen MR) is 87.9 cm³/mol. The maximum Gasteiger partial charge on any atom is 0.228 e. The van der Waals surface area contributed by atoms with Crippen molar-refractivity contribution in [3.05, 3.63) is 46.8 Å². The first-order valence-electron chi connectivity index (χ1n) is 7.69. The van der Waals surface area contributed by atoms with E-state index in [1.54, 1.807) is 17.5 Å². The third kappa shape index (κ3) is 2.55. The van der Waals surface area contributed by atoms with Crippen LogP contribution in [0.25, 0.3) is 0 Å². The van der Waals surface area contributed by atoms with E-state index in [1.165, 1.54) is 5.56 Å². The molecule has 0 aliphatic carbocycles. The summed E-state index contributed by atoms with van der Waals surface area (Å²) in [5.74, 6) is 1.01. The molecule has 114 valence electrons. The van der Waals surface area contributed by atoms with Crippen molar-refractivity contribution in [1.82, 2.24) is 9.88 Å². The number of thiophene rings is 1. The molecule has 2 aliphatic heterocycles. The van der Waals surface area contributed by atoms with Crippen molar-refractivity contribution in [1.29, 1.82) is 0 Å². The Morgan fingerprint density at radius 1 is 1.27 bits per heavy atom. The summed E-state index contributed by atoms with van der Waals surface area (Å²) < 4.78 is 0. The van der Waals surface area contributed by atoms with E-state index < -0.39 is 0 Å². The Morgan fingerprint density at radius 2 is 2.23 bits per heavy atom. The second-order valence-corrected chi connectivity index (χ2v) is 7.22. The van der Waals surface area contributed by atoms with Crippen LogP contribution >= 0.6 is 11.3 Å². The van der Waals surface area contributed by atoms with Crippen molar-refractivity contribution in [3.63, 3.8) is 0 Å². The van der Waals surface area contributed by atoms with E-state index in [2.05, 4.69) is 26.7 Å². The van der Waals surface area contributed by atoms with Gasteiger partial charge in [0.2, 0.25) is 5.91 Å². The largest absolute Gasteiger partial charge is 0.298 e. The molecule has 1 atom stereocenters. The number of aromatic nitrogens is 1. The van der Waals surface area contributed by atoms with Crippen molar-refractivity contribution < 1.29 is 4.79 Å². The molecule has 0 radical (unpaired) electrons. The normalized spacial score (nSPS) is 25.5. The van der Waals surface area contributed by atoms with Crippen LogP contribution in [0.4, 0.5) is 5.82 Å². The predicted octanol–water partition coefficient (Wildman–Crippen LogP) is 2.77. The van der Waals surface area contributed by atoms with Crippen LogP contribution in [0, 0.1) is 5.41 Å². The molecule has 22 heavy (non-hydrogen) atoms. The first-order chi connectivity index (χ1) is 10.7. The first kappa shape index (κ1) is 13.9. The Balaban J connectivity index is 1.46. The van der Waals surface area contributed by atoms with Crippen LogP contribution in [0.3, 0.4) is 0 Å². The van der Waals surface area contributed by atoms with E-state index in [0.29, 0.717) is 6.42 Å². The maximum atomic E-state index is 12.4. The molecule has 2 aromatic rings. The van der Waals surface area contributed by atoms with Gasteiger partial charge < -0.3 is 0 Å². The Hall–Kier alpha value is -1.72. The zero-order chi connectivity index (χ0) is 15.0. The minimum Gasteiger partial charge on any atom is -0.298 e. The lowest BCUT2D eigenvalue weighted by molar-refractivity contribution is -0.117. The highest BCUT2D eigenvalue weighted by Gasteiger charge is 2.47. The van der Waals surface area contributed by atoms with Gasteiger partial charge >= 0.3 is 0 Å². The number of hydrogen-bond donors (Lipinski definition) is 0. The molecule has 5 heteroatoms. The van der Waals surface area contributed by atoms with Gasteiger partial charge in [0.25, 0.3) is 0 Å². The summed E-state index contributed by atoms with van der Waals surface area (Å²) in [5, 5.41) is 4.34. The molecule has 4 rings (SSSR count). The molecular weight excluding hydrogens is 294 g/mol. The van der Waals surface area contributed by atoms with Gasteiger partial charge in [-0.1, -0.05) is 6.07 Å². The van der Waals surface area contributed by atoms with Crippen LogP contribution in [0.5, 0.6) is 0 Å². The lowest BCUT2D eigenvalue weighted by atomic mass is 9.86. The van der Waals surface area contributed by atoms with Crippen LogP contribution in [0.2, 0.25) is 0 Å². The third-order valence-corrected chi connectivity index (χ3v) is 5.48. The van der Waals surface area contributed by atoms with Crippen molar-refractivity contribution in [2.45, 2.75) is 19.4 Å². The number of carbonyl (C=O) groups excluding carboxylic acids is 1. The molecule has 2 saturated heterocycles. The molecule has 2 aromatic heterocycles. The van der Waals surface area contributed by atoms with Gasteiger partial charge in [0.05, 0.1) is 0 Å². The summed E-state index contributed by atoms with van der Waals surface area (Å²) in [6.07, 6.45) is 3.51. The molecule has 0 saturated carbocycles. The Morgan fingerprint density at radius 3 is 3.00 bits per heavy atom. The molecule has 4 heterocycles. The number of likely N-dealkylation sites (tertiary alicyclic amines) is 1. The van der Waals surface area contributed by atoms with Crippen LogP contribution in [-0.2, 0) is 11.3 Å². The Bertz CT molecular complexity index is 658. The van der Waals surface area contributed by atoms with Gasteiger partial charge in [0.15, 0.2) is 0 Å². The maximum absolute atomic E-state index is 12.4. The average Bonchev–Trinajstić information content (AvgIpc) is 3.23. The number of amides is 1.